The lowest BCUT2D eigenvalue weighted by Crippen LogP contribution is -2.34. The Hall–Kier alpha value is -3.05. The highest BCUT2D eigenvalue weighted by Crippen LogP contribution is 2.26. The lowest BCUT2D eigenvalue weighted by atomic mass is 10.2. The molecule has 0 unspecified atom stereocenters. The van der Waals surface area contributed by atoms with Gasteiger partial charge in [0.1, 0.15) is 11.5 Å². The molecule has 0 saturated carbocycles. The summed E-state index contributed by atoms with van der Waals surface area (Å²) in [6, 6.07) is 25.8. The molecular weight excluding hydrogens is 356 g/mol. The fourth-order valence-corrected chi connectivity index (χ4v) is 3.02. The normalized spacial score (nSPS) is 10.1. The quantitative estimate of drug-likeness (QED) is 0.603. The van der Waals surface area contributed by atoms with Gasteiger partial charge in [-0.1, -0.05) is 42.5 Å². The van der Waals surface area contributed by atoms with Crippen molar-refractivity contribution in [3.05, 3.63) is 84.4 Å². The molecule has 3 rings (SSSR count). The molecule has 3 aromatic rings. The average Bonchev–Trinajstić information content (AvgIpc) is 2.73. The summed E-state index contributed by atoms with van der Waals surface area (Å²) in [6.45, 7) is 0.647. The zero-order chi connectivity index (χ0) is 19.1. The van der Waals surface area contributed by atoms with E-state index in [-0.39, 0.29) is 0 Å². The van der Waals surface area contributed by atoms with Crippen molar-refractivity contribution in [1.82, 2.24) is 0 Å². The molecule has 0 heterocycles. The van der Waals surface area contributed by atoms with Crippen LogP contribution in [-0.4, -0.2) is 19.3 Å². The lowest BCUT2D eigenvalue weighted by Gasteiger charge is -2.27. The van der Waals surface area contributed by atoms with E-state index in [9.17, 15) is 0 Å². The van der Waals surface area contributed by atoms with Crippen LogP contribution in [-0.2, 0) is 6.54 Å². The number of rotatable bonds is 6. The molecule has 27 heavy (non-hydrogen) atoms. The van der Waals surface area contributed by atoms with Crippen LogP contribution in [0.5, 0.6) is 11.5 Å². The minimum atomic E-state index is 0.591. The minimum absolute atomic E-state index is 0.591. The third kappa shape index (κ3) is 4.77. The van der Waals surface area contributed by atoms with E-state index >= 15 is 0 Å². The van der Waals surface area contributed by atoms with Gasteiger partial charge in [-0.15, -0.1) is 0 Å². The Morgan fingerprint density at radius 2 is 1.52 bits per heavy atom. The van der Waals surface area contributed by atoms with E-state index < -0.39 is 0 Å². The molecule has 3 aromatic carbocycles. The monoisotopic (exact) mass is 378 g/mol. The standard InChI is InChI=1S/C22H22N2O2S/c1-25-19-14-12-18(13-15-19)24(16-17-8-4-3-5-9-17)22(27)23-20-10-6-7-11-21(20)26-2/h3-15H,16H2,1-2H3,(H,23,27). The van der Waals surface area contributed by atoms with Crippen molar-refractivity contribution in [1.29, 1.82) is 0 Å². The fraction of sp³-hybridized carbons (Fsp3) is 0.136. The highest BCUT2D eigenvalue weighted by Gasteiger charge is 2.15. The second-order valence-electron chi connectivity index (χ2n) is 5.90. The van der Waals surface area contributed by atoms with E-state index in [4.69, 9.17) is 21.7 Å². The van der Waals surface area contributed by atoms with Gasteiger partial charge in [0.15, 0.2) is 5.11 Å². The molecule has 4 nitrogen and oxygen atoms in total. The number of benzene rings is 3. The number of nitrogens with zero attached hydrogens (tertiary/aromatic N) is 1. The van der Waals surface area contributed by atoms with Gasteiger partial charge in [-0.05, 0) is 54.2 Å². The number of methoxy groups -OCH3 is 2. The smallest absolute Gasteiger partial charge is 0.178 e. The highest BCUT2D eigenvalue weighted by atomic mass is 32.1. The number of thiocarbonyl (C=S) groups is 1. The van der Waals surface area contributed by atoms with E-state index in [0.29, 0.717) is 11.7 Å². The second-order valence-corrected chi connectivity index (χ2v) is 6.29. The lowest BCUT2D eigenvalue weighted by molar-refractivity contribution is 0.415. The van der Waals surface area contributed by atoms with Crippen molar-refractivity contribution in [2.24, 2.45) is 0 Å². The van der Waals surface area contributed by atoms with Gasteiger partial charge >= 0.3 is 0 Å². The van der Waals surface area contributed by atoms with Crippen molar-refractivity contribution >= 4 is 28.7 Å². The molecule has 138 valence electrons. The first-order chi connectivity index (χ1) is 13.2. The van der Waals surface area contributed by atoms with Crippen molar-refractivity contribution in [2.45, 2.75) is 6.54 Å². The van der Waals surface area contributed by atoms with Crippen molar-refractivity contribution < 1.29 is 9.47 Å². The molecule has 0 fully saturated rings. The SMILES string of the molecule is COc1ccc(N(Cc2ccccc2)C(=S)Nc2ccccc2OC)cc1. The first-order valence-corrected chi connectivity index (χ1v) is 9.01. The number of nitrogens with one attached hydrogen (secondary N) is 1. The maximum absolute atomic E-state index is 5.74. The highest BCUT2D eigenvalue weighted by molar-refractivity contribution is 7.80. The summed E-state index contributed by atoms with van der Waals surface area (Å²) >= 11 is 5.74. The Bertz CT molecular complexity index is 882. The summed E-state index contributed by atoms with van der Waals surface area (Å²) < 4.78 is 10.7. The fourth-order valence-electron chi connectivity index (χ4n) is 2.74. The topological polar surface area (TPSA) is 33.7 Å². The number of para-hydroxylation sites is 2. The Morgan fingerprint density at radius 3 is 2.19 bits per heavy atom. The number of ether oxygens (including phenoxy) is 2. The van der Waals surface area contributed by atoms with Gasteiger partial charge in [-0.25, -0.2) is 0 Å². The average molecular weight is 378 g/mol. The minimum Gasteiger partial charge on any atom is -0.497 e. The van der Waals surface area contributed by atoms with E-state index in [1.54, 1.807) is 14.2 Å². The molecular formula is C22H22N2O2S. The van der Waals surface area contributed by atoms with Crippen molar-refractivity contribution in [2.75, 3.05) is 24.4 Å². The largest absolute Gasteiger partial charge is 0.497 e. The van der Waals surface area contributed by atoms with Crippen LogP contribution in [0.1, 0.15) is 5.56 Å². The van der Waals surface area contributed by atoms with Gasteiger partial charge in [-0.2, -0.15) is 0 Å². The van der Waals surface area contributed by atoms with Gasteiger partial charge in [-0.3, -0.25) is 0 Å². The number of anilines is 2. The van der Waals surface area contributed by atoms with Crippen molar-refractivity contribution in [3.8, 4) is 11.5 Å². The van der Waals surface area contributed by atoms with Crippen LogP contribution in [0.2, 0.25) is 0 Å². The van der Waals surface area contributed by atoms with Gasteiger partial charge in [0, 0.05) is 5.69 Å². The molecule has 5 heteroatoms. The maximum atomic E-state index is 5.74. The van der Waals surface area contributed by atoms with Crippen LogP contribution >= 0.6 is 12.2 Å². The number of hydrogen-bond donors (Lipinski definition) is 1. The van der Waals surface area contributed by atoms with Crippen molar-refractivity contribution in [3.63, 3.8) is 0 Å². The van der Waals surface area contributed by atoms with Crippen LogP contribution in [0.4, 0.5) is 11.4 Å². The van der Waals surface area contributed by atoms with E-state index in [1.165, 1.54) is 0 Å². The Morgan fingerprint density at radius 1 is 0.852 bits per heavy atom. The molecule has 0 aliphatic heterocycles. The maximum Gasteiger partial charge on any atom is 0.178 e. The summed E-state index contributed by atoms with van der Waals surface area (Å²) in [5.41, 5.74) is 2.97. The second kappa shape index (κ2) is 9.05. The molecule has 0 saturated heterocycles. The Labute approximate surface area is 165 Å². The molecule has 0 amide bonds. The predicted molar refractivity (Wildman–Crippen MR) is 115 cm³/mol. The first-order valence-electron chi connectivity index (χ1n) is 8.61. The van der Waals surface area contributed by atoms with Crippen LogP contribution < -0.4 is 19.7 Å². The first kappa shape index (κ1) is 18.7. The van der Waals surface area contributed by atoms with Crippen LogP contribution in [0.3, 0.4) is 0 Å². The third-order valence-corrected chi connectivity index (χ3v) is 4.48. The molecule has 0 radical (unpaired) electrons. The third-order valence-electron chi connectivity index (χ3n) is 4.16. The molecule has 0 aliphatic rings. The van der Waals surface area contributed by atoms with Crippen LogP contribution in [0, 0.1) is 0 Å². The summed E-state index contributed by atoms with van der Waals surface area (Å²) in [7, 11) is 3.30. The Balaban J connectivity index is 1.89. The molecule has 0 aliphatic carbocycles. The van der Waals surface area contributed by atoms with E-state index in [0.717, 1.165) is 28.4 Å². The van der Waals surface area contributed by atoms with E-state index in [2.05, 4.69) is 22.3 Å². The molecule has 0 bridgehead atoms. The van der Waals surface area contributed by atoms with Gasteiger partial charge < -0.3 is 19.7 Å². The summed E-state index contributed by atoms with van der Waals surface area (Å²) in [6.07, 6.45) is 0. The Kier molecular flexibility index (Phi) is 6.28. The molecule has 1 N–H and O–H groups in total. The summed E-state index contributed by atoms with van der Waals surface area (Å²) in [4.78, 5) is 2.05. The van der Waals surface area contributed by atoms with Crippen LogP contribution in [0.15, 0.2) is 78.9 Å². The number of hydrogen-bond acceptors (Lipinski definition) is 3. The van der Waals surface area contributed by atoms with Gasteiger partial charge in [0.05, 0.1) is 26.5 Å². The summed E-state index contributed by atoms with van der Waals surface area (Å²) in [5.74, 6) is 1.55. The molecule has 0 spiro atoms. The molecule has 0 aromatic heterocycles. The molecule has 0 atom stereocenters. The van der Waals surface area contributed by atoms with E-state index in [1.807, 2.05) is 66.7 Å². The summed E-state index contributed by atoms with van der Waals surface area (Å²) in [5, 5.41) is 3.90. The van der Waals surface area contributed by atoms with Gasteiger partial charge in [0.2, 0.25) is 0 Å². The van der Waals surface area contributed by atoms with Gasteiger partial charge in [0.25, 0.3) is 0 Å². The predicted octanol–water partition coefficient (Wildman–Crippen LogP) is 5.11. The zero-order valence-corrected chi connectivity index (χ0v) is 16.2. The zero-order valence-electron chi connectivity index (χ0n) is 15.4. The van der Waals surface area contributed by atoms with Crippen LogP contribution in [0.25, 0.3) is 0 Å².